The minimum Gasteiger partial charge on any atom is -0.497 e. The van der Waals surface area contributed by atoms with Crippen LogP contribution in [0.2, 0.25) is 0 Å². The predicted molar refractivity (Wildman–Crippen MR) is 99.0 cm³/mol. The summed E-state index contributed by atoms with van der Waals surface area (Å²) in [5.74, 6) is -3.21. The zero-order valence-corrected chi connectivity index (χ0v) is 15.9. The third-order valence-electron chi connectivity index (χ3n) is 4.20. The number of benzene rings is 2. The molecule has 0 spiro atoms. The first-order valence-corrected chi connectivity index (χ1v) is 8.43. The van der Waals surface area contributed by atoms with Crippen molar-refractivity contribution in [2.75, 3.05) is 26.6 Å². The lowest BCUT2D eigenvalue weighted by Crippen LogP contribution is -2.33. The van der Waals surface area contributed by atoms with Crippen LogP contribution in [-0.4, -0.2) is 45.5 Å². The van der Waals surface area contributed by atoms with Crippen molar-refractivity contribution in [1.29, 1.82) is 0 Å². The number of methoxy groups -OCH3 is 3. The molecule has 1 amide bonds. The standard InChI is InChI=1S/C20H20F3NO5/c1-27-13-10-8-12(9-11-13)17(25)16(18(28-2)29-3)14-6-4-5-7-15(14)24-19(26)20(21,22)23/h4-11,16,18H,1-3H3,(H,24,26). The number of amides is 1. The number of carbonyl (C=O) groups is 2. The van der Waals surface area contributed by atoms with E-state index in [9.17, 15) is 22.8 Å². The largest absolute Gasteiger partial charge is 0.497 e. The number of nitrogens with one attached hydrogen (secondary N) is 1. The number of halogens is 3. The topological polar surface area (TPSA) is 73.9 Å². The Kier molecular flexibility index (Phi) is 7.35. The van der Waals surface area contributed by atoms with Crippen molar-refractivity contribution in [2.24, 2.45) is 0 Å². The lowest BCUT2D eigenvalue weighted by Gasteiger charge is -2.26. The van der Waals surface area contributed by atoms with E-state index in [2.05, 4.69) is 0 Å². The van der Waals surface area contributed by atoms with Crippen molar-refractivity contribution < 1.29 is 37.0 Å². The smallest absolute Gasteiger partial charge is 0.471 e. The molecule has 29 heavy (non-hydrogen) atoms. The van der Waals surface area contributed by atoms with Gasteiger partial charge in [-0.15, -0.1) is 0 Å². The fraction of sp³-hybridized carbons (Fsp3) is 0.300. The second-order valence-corrected chi connectivity index (χ2v) is 5.95. The number of hydrogen-bond acceptors (Lipinski definition) is 5. The van der Waals surface area contributed by atoms with Crippen molar-refractivity contribution in [3.63, 3.8) is 0 Å². The summed E-state index contributed by atoms with van der Waals surface area (Å²) in [5.41, 5.74) is 0.229. The van der Waals surface area contributed by atoms with Gasteiger partial charge < -0.3 is 19.5 Å². The van der Waals surface area contributed by atoms with Crippen LogP contribution >= 0.6 is 0 Å². The molecule has 0 radical (unpaired) electrons. The number of rotatable bonds is 8. The second-order valence-electron chi connectivity index (χ2n) is 5.95. The van der Waals surface area contributed by atoms with Gasteiger partial charge in [0.2, 0.25) is 0 Å². The maximum absolute atomic E-state index is 13.2. The Labute approximate surface area is 165 Å². The highest BCUT2D eigenvalue weighted by molar-refractivity contribution is 6.03. The Morgan fingerprint density at radius 1 is 0.931 bits per heavy atom. The monoisotopic (exact) mass is 411 g/mol. The summed E-state index contributed by atoms with van der Waals surface area (Å²) in [4.78, 5) is 24.6. The number of ketones is 1. The summed E-state index contributed by atoms with van der Waals surface area (Å²) in [6.07, 6.45) is -6.18. The van der Waals surface area contributed by atoms with Crippen molar-refractivity contribution in [2.45, 2.75) is 18.4 Å². The van der Waals surface area contributed by atoms with E-state index in [-0.39, 0.29) is 16.8 Å². The van der Waals surface area contributed by atoms with E-state index in [1.165, 1.54) is 57.7 Å². The van der Waals surface area contributed by atoms with Crippen LogP contribution in [0.25, 0.3) is 0 Å². The third kappa shape index (κ3) is 5.33. The van der Waals surface area contributed by atoms with Crippen LogP contribution in [-0.2, 0) is 14.3 Å². The normalized spacial score (nSPS) is 12.5. The van der Waals surface area contributed by atoms with Crippen LogP contribution in [0.15, 0.2) is 48.5 Å². The van der Waals surface area contributed by atoms with Crippen molar-refractivity contribution in [3.8, 4) is 5.75 Å². The minimum atomic E-state index is -5.08. The number of Topliss-reactive ketones (excluding diaryl/α,β-unsaturated/α-hetero) is 1. The van der Waals surface area contributed by atoms with Gasteiger partial charge in [-0.25, -0.2) is 0 Å². The Bertz CT molecular complexity index is 848. The average molecular weight is 411 g/mol. The molecule has 2 aromatic rings. The Balaban J connectivity index is 2.50. The van der Waals surface area contributed by atoms with Crippen molar-refractivity contribution >= 4 is 17.4 Å². The van der Waals surface area contributed by atoms with E-state index in [0.29, 0.717) is 5.75 Å². The van der Waals surface area contributed by atoms with Gasteiger partial charge in [-0.05, 0) is 35.9 Å². The van der Waals surface area contributed by atoms with Gasteiger partial charge >= 0.3 is 12.1 Å². The van der Waals surface area contributed by atoms with Crippen LogP contribution in [0.4, 0.5) is 18.9 Å². The molecule has 0 saturated carbocycles. The van der Waals surface area contributed by atoms with Gasteiger partial charge in [0, 0.05) is 25.5 Å². The molecule has 0 bridgehead atoms. The highest BCUT2D eigenvalue weighted by Crippen LogP contribution is 2.33. The summed E-state index contributed by atoms with van der Waals surface area (Å²) in [7, 11) is 4.09. The molecule has 0 aliphatic rings. The molecule has 0 heterocycles. The molecule has 1 atom stereocenters. The van der Waals surface area contributed by atoms with Crippen LogP contribution in [0.1, 0.15) is 21.8 Å². The van der Waals surface area contributed by atoms with E-state index in [0.717, 1.165) is 0 Å². The number of carbonyl (C=O) groups excluding carboxylic acids is 2. The summed E-state index contributed by atoms with van der Waals surface area (Å²) in [6.45, 7) is 0. The second kappa shape index (κ2) is 9.53. The van der Waals surface area contributed by atoms with E-state index >= 15 is 0 Å². The quantitative estimate of drug-likeness (QED) is 0.529. The van der Waals surface area contributed by atoms with E-state index in [4.69, 9.17) is 14.2 Å². The Morgan fingerprint density at radius 2 is 1.52 bits per heavy atom. The van der Waals surface area contributed by atoms with Gasteiger partial charge in [0.05, 0.1) is 7.11 Å². The fourth-order valence-electron chi connectivity index (χ4n) is 2.79. The zero-order chi connectivity index (χ0) is 21.6. The van der Waals surface area contributed by atoms with Crippen molar-refractivity contribution in [3.05, 3.63) is 59.7 Å². The molecule has 0 aliphatic carbocycles. The summed E-state index contributed by atoms with van der Waals surface area (Å²) >= 11 is 0. The SMILES string of the molecule is COc1ccc(C(=O)C(c2ccccc2NC(=O)C(F)(F)F)C(OC)OC)cc1. The molecule has 0 aliphatic heterocycles. The number of anilines is 1. The van der Waals surface area contributed by atoms with E-state index in [1.807, 2.05) is 5.32 Å². The molecule has 1 N–H and O–H groups in total. The molecule has 1 unspecified atom stereocenters. The highest BCUT2D eigenvalue weighted by Gasteiger charge is 2.40. The fourth-order valence-corrected chi connectivity index (χ4v) is 2.79. The molecule has 2 rings (SSSR count). The maximum Gasteiger partial charge on any atom is 0.471 e. The number of hydrogen-bond donors (Lipinski definition) is 1. The van der Waals surface area contributed by atoms with Gasteiger partial charge in [-0.3, -0.25) is 9.59 Å². The van der Waals surface area contributed by atoms with Crippen LogP contribution in [0.5, 0.6) is 5.75 Å². The van der Waals surface area contributed by atoms with Gasteiger partial charge in [0.1, 0.15) is 11.7 Å². The summed E-state index contributed by atoms with van der Waals surface area (Å²) < 4.78 is 53.7. The first-order chi connectivity index (χ1) is 13.7. The first-order valence-electron chi connectivity index (χ1n) is 8.43. The summed E-state index contributed by atoms with van der Waals surface area (Å²) in [5, 5.41) is 1.81. The number of para-hydroxylation sites is 1. The molecule has 156 valence electrons. The van der Waals surface area contributed by atoms with Gasteiger partial charge in [0.15, 0.2) is 12.1 Å². The van der Waals surface area contributed by atoms with E-state index in [1.54, 1.807) is 12.1 Å². The lowest BCUT2D eigenvalue weighted by atomic mass is 9.88. The number of ether oxygens (including phenoxy) is 3. The lowest BCUT2D eigenvalue weighted by molar-refractivity contribution is -0.167. The van der Waals surface area contributed by atoms with Gasteiger partial charge in [-0.2, -0.15) is 13.2 Å². The van der Waals surface area contributed by atoms with E-state index < -0.39 is 30.1 Å². The summed E-state index contributed by atoms with van der Waals surface area (Å²) in [6, 6.07) is 11.9. The third-order valence-corrected chi connectivity index (χ3v) is 4.20. The van der Waals surface area contributed by atoms with Gasteiger partial charge in [0.25, 0.3) is 0 Å². The molecule has 6 nitrogen and oxygen atoms in total. The molecule has 2 aromatic carbocycles. The molecule has 0 aromatic heterocycles. The minimum absolute atomic E-state index is 0.125. The molecule has 0 fully saturated rings. The molecular weight excluding hydrogens is 391 g/mol. The Morgan fingerprint density at radius 3 is 2.03 bits per heavy atom. The predicted octanol–water partition coefficient (Wildman–Crippen LogP) is 3.78. The number of alkyl halides is 3. The van der Waals surface area contributed by atoms with Crippen LogP contribution < -0.4 is 10.1 Å². The van der Waals surface area contributed by atoms with Crippen LogP contribution in [0, 0.1) is 0 Å². The molecule has 9 heteroatoms. The molecular formula is C20H20F3NO5. The molecule has 0 saturated heterocycles. The van der Waals surface area contributed by atoms with Crippen molar-refractivity contribution in [1.82, 2.24) is 0 Å². The van der Waals surface area contributed by atoms with Gasteiger partial charge in [-0.1, -0.05) is 18.2 Å². The highest BCUT2D eigenvalue weighted by atomic mass is 19.4. The maximum atomic E-state index is 13.2. The van der Waals surface area contributed by atoms with Crippen LogP contribution in [0.3, 0.4) is 0 Å². The average Bonchev–Trinajstić information content (AvgIpc) is 2.71. The Hall–Kier alpha value is -2.91. The zero-order valence-electron chi connectivity index (χ0n) is 15.9. The first kappa shape index (κ1) is 22.4.